The lowest BCUT2D eigenvalue weighted by molar-refractivity contribution is 0.0925. The van der Waals surface area contributed by atoms with Crippen molar-refractivity contribution in [2.75, 3.05) is 33.1 Å². The van der Waals surface area contributed by atoms with E-state index < -0.39 is 10.0 Å². The number of ether oxygens (including phenoxy) is 1. The highest BCUT2D eigenvalue weighted by Crippen LogP contribution is 2.17. The Labute approximate surface area is 130 Å². The highest BCUT2D eigenvalue weighted by Gasteiger charge is 2.34. The van der Waals surface area contributed by atoms with Gasteiger partial charge in [-0.1, -0.05) is 0 Å². The fourth-order valence-corrected chi connectivity index (χ4v) is 3.44. The highest BCUT2D eigenvalue weighted by atomic mass is 32.2. The van der Waals surface area contributed by atoms with E-state index >= 15 is 0 Å². The summed E-state index contributed by atoms with van der Waals surface area (Å²) in [5.41, 5.74) is 1.35. The first-order valence-electron chi connectivity index (χ1n) is 7.00. The Kier molecular flexibility index (Phi) is 5.15. The number of amides is 1. The van der Waals surface area contributed by atoms with Crippen LogP contribution in [0.1, 0.15) is 15.9 Å². The lowest BCUT2D eigenvalue weighted by Gasteiger charge is -2.21. The molecule has 22 heavy (non-hydrogen) atoms. The van der Waals surface area contributed by atoms with Gasteiger partial charge < -0.3 is 10.1 Å². The van der Waals surface area contributed by atoms with Gasteiger partial charge in [-0.25, -0.2) is 12.7 Å². The number of carbonyl (C=O) groups is 1. The second kappa shape index (κ2) is 6.72. The zero-order valence-electron chi connectivity index (χ0n) is 12.9. The normalized spacial score (nSPS) is 22.0. The molecule has 1 aromatic heterocycles. The Hall–Kier alpha value is -1.51. The van der Waals surface area contributed by atoms with E-state index in [1.54, 1.807) is 12.3 Å². The zero-order chi connectivity index (χ0) is 16.3. The van der Waals surface area contributed by atoms with E-state index in [0.29, 0.717) is 18.8 Å². The van der Waals surface area contributed by atoms with Gasteiger partial charge in [0.25, 0.3) is 5.91 Å². The molecule has 1 aliphatic heterocycles. The van der Waals surface area contributed by atoms with Crippen molar-refractivity contribution in [3.63, 3.8) is 0 Å². The Bertz CT molecular complexity index is 645. The van der Waals surface area contributed by atoms with E-state index in [1.807, 2.05) is 6.92 Å². The van der Waals surface area contributed by atoms with Crippen LogP contribution in [-0.4, -0.2) is 62.7 Å². The summed E-state index contributed by atoms with van der Waals surface area (Å²) in [6.07, 6.45) is 3.16. The van der Waals surface area contributed by atoms with Crippen LogP contribution in [0.3, 0.4) is 0 Å². The molecule has 0 saturated carbocycles. The summed E-state index contributed by atoms with van der Waals surface area (Å²) in [5, 5.41) is 2.85. The molecule has 1 aromatic rings. The third kappa shape index (κ3) is 4.02. The van der Waals surface area contributed by atoms with Gasteiger partial charge in [-0.3, -0.25) is 9.78 Å². The van der Waals surface area contributed by atoms with Gasteiger partial charge in [0, 0.05) is 32.4 Å². The van der Waals surface area contributed by atoms with Gasteiger partial charge in [0.15, 0.2) is 0 Å². The van der Waals surface area contributed by atoms with Gasteiger partial charge in [0.05, 0.1) is 30.6 Å². The summed E-state index contributed by atoms with van der Waals surface area (Å²) in [6, 6.07) is 1.42. The zero-order valence-corrected chi connectivity index (χ0v) is 13.8. The maximum atomic E-state index is 12.2. The van der Waals surface area contributed by atoms with Crippen molar-refractivity contribution in [2.24, 2.45) is 5.92 Å². The highest BCUT2D eigenvalue weighted by molar-refractivity contribution is 7.89. The van der Waals surface area contributed by atoms with E-state index in [-0.39, 0.29) is 23.6 Å². The monoisotopic (exact) mass is 327 g/mol. The molecule has 0 aliphatic carbocycles. The summed E-state index contributed by atoms with van der Waals surface area (Å²) in [5.74, 6) is -0.565. The number of carbonyl (C=O) groups excluding carboxylic acids is 1. The molecule has 0 spiro atoms. The van der Waals surface area contributed by atoms with E-state index in [0.717, 1.165) is 5.56 Å². The summed E-state index contributed by atoms with van der Waals surface area (Å²) in [6.45, 7) is 2.50. The van der Waals surface area contributed by atoms with Crippen molar-refractivity contribution in [1.29, 1.82) is 0 Å². The fraction of sp³-hybridized carbons (Fsp3) is 0.571. The Morgan fingerprint density at radius 3 is 2.77 bits per heavy atom. The van der Waals surface area contributed by atoms with Crippen molar-refractivity contribution in [3.8, 4) is 0 Å². The third-order valence-electron chi connectivity index (χ3n) is 3.63. The molecule has 1 fully saturated rings. The molecule has 2 heterocycles. The summed E-state index contributed by atoms with van der Waals surface area (Å²) in [4.78, 5) is 16.2. The van der Waals surface area contributed by atoms with Crippen LogP contribution < -0.4 is 5.32 Å². The maximum Gasteiger partial charge on any atom is 0.253 e. The number of nitrogens with one attached hydrogen (secondary N) is 1. The van der Waals surface area contributed by atoms with Crippen LogP contribution in [0, 0.1) is 12.8 Å². The Balaban J connectivity index is 2.04. The Morgan fingerprint density at radius 1 is 1.41 bits per heavy atom. The van der Waals surface area contributed by atoms with Crippen LogP contribution in [0.4, 0.5) is 0 Å². The van der Waals surface area contributed by atoms with Crippen molar-refractivity contribution in [3.05, 3.63) is 29.6 Å². The number of rotatable bonds is 5. The quantitative estimate of drug-likeness (QED) is 0.824. The average molecular weight is 327 g/mol. The first-order valence-corrected chi connectivity index (χ1v) is 8.61. The van der Waals surface area contributed by atoms with Crippen LogP contribution in [-0.2, 0) is 14.8 Å². The summed E-state index contributed by atoms with van der Waals surface area (Å²) < 4.78 is 30.5. The van der Waals surface area contributed by atoms with E-state index in [4.69, 9.17) is 4.74 Å². The largest absolute Gasteiger partial charge is 0.379 e. The first-order chi connectivity index (χ1) is 10.3. The van der Waals surface area contributed by atoms with Crippen LogP contribution in [0.5, 0.6) is 0 Å². The molecule has 2 rings (SSSR count). The molecule has 122 valence electrons. The van der Waals surface area contributed by atoms with Crippen LogP contribution in [0.2, 0.25) is 0 Å². The van der Waals surface area contributed by atoms with Gasteiger partial charge in [-0.05, 0) is 18.6 Å². The smallest absolute Gasteiger partial charge is 0.253 e. The molecule has 7 nitrogen and oxygen atoms in total. The maximum absolute atomic E-state index is 12.2. The second-order valence-corrected chi connectivity index (χ2v) is 7.92. The fourth-order valence-electron chi connectivity index (χ4n) is 2.27. The third-order valence-corrected chi connectivity index (χ3v) is 5.60. The number of hydrogen-bond donors (Lipinski definition) is 1. The van der Waals surface area contributed by atoms with Crippen molar-refractivity contribution in [1.82, 2.24) is 14.6 Å². The Morgan fingerprint density at radius 2 is 2.14 bits per heavy atom. The number of sulfonamides is 1. The lowest BCUT2D eigenvalue weighted by Crippen LogP contribution is -2.43. The summed E-state index contributed by atoms with van der Waals surface area (Å²) >= 11 is 0. The van der Waals surface area contributed by atoms with E-state index in [2.05, 4.69) is 10.3 Å². The lowest BCUT2D eigenvalue weighted by atomic mass is 10.1. The number of hydrogen-bond acceptors (Lipinski definition) is 5. The van der Waals surface area contributed by atoms with E-state index in [9.17, 15) is 13.2 Å². The molecule has 0 bridgehead atoms. The molecule has 0 radical (unpaired) electrons. The van der Waals surface area contributed by atoms with Crippen LogP contribution in [0.15, 0.2) is 18.5 Å². The number of aromatic nitrogens is 1. The minimum absolute atomic E-state index is 0.0446. The SMILES string of the molecule is Cc1cncc(C(=O)NC2COCC2CS(=O)(=O)N(C)C)c1. The first kappa shape index (κ1) is 16.9. The number of nitrogens with zero attached hydrogens (tertiary/aromatic N) is 2. The van der Waals surface area contributed by atoms with Crippen LogP contribution in [0.25, 0.3) is 0 Å². The van der Waals surface area contributed by atoms with Gasteiger partial charge in [-0.15, -0.1) is 0 Å². The minimum atomic E-state index is -3.33. The number of pyridine rings is 1. The van der Waals surface area contributed by atoms with E-state index in [1.165, 1.54) is 24.6 Å². The molecule has 8 heteroatoms. The van der Waals surface area contributed by atoms with Crippen LogP contribution >= 0.6 is 0 Å². The topological polar surface area (TPSA) is 88.6 Å². The molecule has 2 unspecified atom stereocenters. The predicted molar refractivity (Wildman–Crippen MR) is 82.0 cm³/mol. The minimum Gasteiger partial charge on any atom is -0.379 e. The molecule has 1 amide bonds. The average Bonchev–Trinajstić information content (AvgIpc) is 2.85. The molecular formula is C14H21N3O4S. The van der Waals surface area contributed by atoms with Crippen molar-refractivity contribution >= 4 is 15.9 Å². The molecule has 1 saturated heterocycles. The molecule has 1 N–H and O–H groups in total. The van der Waals surface area contributed by atoms with Gasteiger partial charge >= 0.3 is 0 Å². The van der Waals surface area contributed by atoms with Gasteiger partial charge in [0.1, 0.15) is 0 Å². The molecule has 1 aliphatic rings. The molecular weight excluding hydrogens is 306 g/mol. The second-order valence-electron chi connectivity index (χ2n) is 5.69. The number of aryl methyl sites for hydroxylation is 1. The van der Waals surface area contributed by atoms with Gasteiger partial charge in [0.2, 0.25) is 10.0 Å². The van der Waals surface area contributed by atoms with Crippen molar-refractivity contribution in [2.45, 2.75) is 13.0 Å². The molecule has 0 aromatic carbocycles. The van der Waals surface area contributed by atoms with Gasteiger partial charge in [-0.2, -0.15) is 0 Å². The predicted octanol–water partition coefficient (Wildman–Crippen LogP) is 0.0262. The van der Waals surface area contributed by atoms with Crippen molar-refractivity contribution < 1.29 is 17.9 Å². The standard InChI is InChI=1S/C14H21N3O4S/c1-10-4-11(6-15-5-10)14(18)16-13-8-21-7-12(13)9-22(19,20)17(2)3/h4-6,12-13H,7-9H2,1-3H3,(H,16,18). The summed E-state index contributed by atoms with van der Waals surface area (Å²) in [7, 11) is -0.338. The molecule has 2 atom stereocenters.